The summed E-state index contributed by atoms with van der Waals surface area (Å²) < 4.78 is 5.25. The topological polar surface area (TPSA) is 83.2 Å². The number of methoxy groups -OCH3 is 1. The Morgan fingerprint density at radius 1 is 1.27 bits per heavy atom. The van der Waals surface area contributed by atoms with E-state index in [0.717, 1.165) is 0 Å². The number of benzene rings is 1. The van der Waals surface area contributed by atoms with Crippen molar-refractivity contribution in [2.45, 2.75) is 20.8 Å². The Morgan fingerprint density at radius 2 is 1.95 bits per heavy atom. The quantitative estimate of drug-likeness (QED) is 0.934. The van der Waals surface area contributed by atoms with Gasteiger partial charge < -0.3 is 9.84 Å². The van der Waals surface area contributed by atoms with E-state index >= 15 is 0 Å². The highest BCUT2D eigenvalue weighted by Gasteiger charge is 2.16. The number of nitriles is 1. The zero-order valence-electron chi connectivity index (χ0n) is 13.0. The van der Waals surface area contributed by atoms with Crippen LogP contribution in [0.15, 0.2) is 30.5 Å². The summed E-state index contributed by atoms with van der Waals surface area (Å²) in [6.45, 7) is 5.77. The van der Waals surface area contributed by atoms with E-state index in [-0.39, 0.29) is 5.56 Å². The van der Waals surface area contributed by atoms with Gasteiger partial charge >= 0.3 is 5.97 Å². The fourth-order valence-electron chi connectivity index (χ4n) is 1.94. The van der Waals surface area contributed by atoms with E-state index < -0.39 is 5.97 Å². The molecule has 0 atom stereocenters. The third-order valence-corrected chi connectivity index (χ3v) is 2.89. The first-order valence-electron chi connectivity index (χ1n) is 6.85. The summed E-state index contributed by atoms with van der Waals surface area (Å²) >= 11 is 0. The van der Waals surface area contributed by atoms with Crippen LogP contribution in [-0.2, 0) is 0 Å². The van der Waals surface area contributed by atoms with Gasteiger partial charge in [0.05, 0.1) is 24.3 Å². The first kappa shape index (κ1) is 17.2. The molecule has 0 unspecified atom stereocenters. The van der Waals surface area contributed by atoms with E-state index in [9.17, 15) is 9.90 Å². The summed E-state index contributed by atoms with van der Waals surface area (Å²) in [5, 5.41) is 18.2. The number of hydrogen-bond acceptors (Lipinski definition) is 4. The maximum Gasteiger partial charge on any atom is 0.337 e. The minimum absolute atomic E-state index is 0.0731. The highest BCUT2D eigenvalue weighted by molar-refractivity contribution is 5.96. The lowest BCUT2D eigenvalue weighted by molar-refractivity contribution is 0.0697. The van der Waals surface area contributed by atoms with Crippen LogP contribution in [0.25, 0.3) is 11.1 Å². The number of aromatic nitrogens is 1. The number of carbonyl (C=O) groups is 1. The number of nitrogens with zero attached hydrogens (tertiary/aromatic N) is 2. The third-order valence-electron chi connectivity index (χ3n) is 2.89. The maximum absolute atomic E-state index is 11.3. The molecule has 22 heavy (non-hydrogen) atoms. The predicted octanol–water partition coefficient (Wildman–Crippen LogP) is 3.66. The molecule has 2 rings (SSSR count). The van der Waals surface area contributed by atoms with Gasteiger partial charge in [-0.05, 0) is 31.2 Å². The van der Waals surface area contributed by atoms with Gasteiger partial charge in [-0.1, -0.05) is 13.8 Å². The molecule has 2 aromatic rings. The monoisotopic (exact) mass is 298 g/mol. The molecule has 1 heterocycles. The first-order chi connectivity index (χ1) is 10.6. The highest BCUT2D eigenvalue weighted by atomic mass is 16.5. The second-order valence-corrected chi connectivity index (χ2v) is 4.20. The largest absolute Gasteiger partial charge is 0.496 e. The molecule has 0 aliphatic rings. The molecule has 0 saturated heterocycles. The molecule has 0 bridgehead atoms. The average molecular weight is 298 g/mol. The van der Waals surface area contributed by atoms with Crippen LogP contribution >= 0.6 is 0 Å². The summed E-state index contributed by atoms with van der Waals surface area (Å²) in [7, 11) is 1.50. The van der Waals surface area contributed by atoms with Crippen molar-refractivity contribution in [3.8, 4) is 22.9 Å². The minimum atomic E-state index is -1.07. The summed E-state index contributed by atoms with van der Waals surface area (Å²) in [5.41, 5.74) is 2.25. The van der Waals surface area contributed by atoms with Crippen LogP contribution in [0.1, 0.15) is 35.5 Å². The van der Waals surface area contributed by atoms with Crippen molar-refractivity contribution < 1.29 is 14.6 Å². The number of carboxylic acid groups (broad SMARTS) is 1. The van der Waals surface area contributed by atoms with E-state index in [1.165, 1.54) is 13.3 Å². The van der Waals surface area contributed by atoms with E-state index in [0.29, 0.717) is 28.1 Å². The van der Waals surface area contributed by atoms with Gasteiger partial charge in [-0.3, -0.25) is 4.98 Å². The van der Waals surface area contributed by atoms with Crippen molar-refractivity contribution in [2.24, 2.45) is 0 Å². The van der Waals surface area contributed by atoms with Crippen LogP contribution < -0.4 is 4.74 Å². The van der Waals surface area contributed by atoms with Crippen molar-refractivity contribution in [3.05, 3.63) is 47.3 Å². The molecule has 114 valence electrons. The average Bonchev–Trinajstić information content (AvgIpc) is 2.55. The van der Waals surface area contributed by atoms with Gasteiger partial charge in [0.25, 0.3) is 0 Å². The van der Waals surface area contributed by atoms with Gasteiger partial charge in [0.1, 0.15) is 5.75 Å². The van der Waals surface area contributed by atoms with Crippen LogP contribution in [0.2, 0.25) is 0 Å². The Bertz CT molecular complexity index is 718. The van der Waals surface area contributed by atoms with Crippen molar-refractivity contribution in [3.63, 3.8) is 0 Å². The maximum atomic E-state index is 11.3. The standard InChI is InChI=1S/C15H12N2O3.C2H6/c1-9-5-11(13(8-17-9)15(18)19)12-6-10(7-16)3-4-14(12)20-2;1-2/h3-6,8H,1-2H3,(H,18,19);1-2H3. The Balaban J connectivity index is 0.00000116. The molecule has 0 amide bonds. The first-order valence-corrected chi connectivity index (χ1v) is 6.85. The third kappa shape index (κ3) is 3.61. The molecule has 1 aromatic carbocycles. The van der Waals surface area contributed by atoms with Gasteiger partial charge in [0.15, 0.2) is 0 Å². The Morgan fingerprint density at radius 3 is 2.50 bits per heavy atom. The van der Waals surface area contributed by atoms with Gasteiger partial charge in [-0.2, -0.15) is 5.26 Å². The number of rotatable bonds is 3. The van der Waals surface area contributed by atoms with Gasteiger partial charge in [0.2, 0.25) is 0 Å². The second kappa shape index (κ2) is 7.79. The molecule has 5 nitrogen and oxygen atoms in total. The molecule has 0 radical (unpaired) electrons. The van der Waals surface area contributed by atoms with Crippen LogP contribution in [0.3, 0.4) is 0 Å². The summed E-state index contributed by atoms with van der Waals surface area (Å²) in [4.78, 5) is 15.3. The van der Waals surface area contributed by atoms with Crippen molar-refractivity contribution in [2.75, 3.05) is 7.11 Å². The molecular weight excluding hydrogens is 280 g/mol. The zero-order chi connectivity index (χ0) is 16.7. The predicted molar refractivity (Wildman–Crippen MR) is 84.0 cm³/mol. The summed E-state index contributed by atoms with van der Waals surface area (Å²) in [6.07, 6.45) is 1.31. The second-order valence-electron chi connectivity index (χ2n) is 4.20. The number of carboxylic acids is 1. The van der Waals surface area contributed by atoms with Crippen molar-refractivity contribution >= 4 is 5.97 Å². The van der Waals surface area contributed by atoms with Gasteiger partial charge in [-0.25, -0.2) is 4.79 Å². The molecule has 0 aliphatic heterocycles. The van der Waals surface area contributed by atoms with Gasteiger partial charge in [0, 0.05) is 23.0 Å². The molecule has 1 aromatic heterocycles. The van der Waals surface area contributed by atoms with Crippen LogP contribution in [0, 0.1) is 18.3 Å². The summed E-state index contributed by atoms with van der Waals surface area (Å²) in [5.74, 6) is -0.561. The Labute approximate surface area is 129 Å². The Hall–Kier alpha value is -2.87. The molecule has 5 heteroatoms. The molecule has 1 N–H and O–H groups in total. The van der Waals surface area contributed by atoms with Crippen LogP contribution in [0.4, 0.5) is 0 Å². The van der Waals surface area contributed by atoms with Gasteiger partial charge in [-0.15, -0.1) is 0 Å². The number of hydrogen-bond donors (Lipinski definition) is 1. The lowest BCUT2D eigenvalue weighted by Crippen LogP contribution is -2.02. The molecule has 0 saturated carbocycles. The van der Waals surface area contributed by atoms with Crippen LogP contribution in [0.5, 0.6) is 5.75 Å². The summed E-state index contributed by atoms with van der Waals surface area (Å²) in [6, 6.07) is 8.58. The number of aromatic carboxylic acids is 1. The molecule has 0 fully saturated rings. The lowest BCUT2D eigenvalue weighted by Gasteiger charge is -2.12. The normalized spacial score (nSPS) is 9.23. The fourth-order valence-corrected chi connectivity index (χ4v) is 1.94. The fraction of sp³-hybridized carbons (Fsp3) is 0.235. The van der Waals surface area contributed by atoms with E-state index in [1.807, 2.05) is 19.9 Å². The zero-order valence-corrected chi connectivity index (χ0v) is 13.0. The highest BCUT2D eigenvalue weighted by Crippen LogP contribution is 2.33. The SMILES string of the molecule is CC.COc1ccc(C#N)cc1-c1cc(C)ncc1C(=O)O. The Kier molecular flexibility index (Phi) is 6.09. The minimum Gasteiger partial charge on any atom is -0.496 e. The smallest absolute Gasteiger partial charge is 0.337 e. The van der Waals surface area contributed by atoms with E-state index in [2.05, 4.69) is 4.98 Å². The number of aryl methyl sites for hydroxylation is 1. The van der Waals surface area contributed by atoms with E-state index in [1.54, 1.807) is 31.2 Å². The molecular formula is C17H18N2O3. The van der Waals surface area contributed by atoms with Crippen molar-refractivity contribution in [1.29, 1.82) is 5.26 Å². The van der Waals surface area contributed by atoms with Crippen molar-refractivity contribution in [1.82, 2.24) is 4.98 Å². The number of pyridine rings is 1. The lowest BCUT2D eigenvalue weighted by atomic mass is 9.98. The van der Waals surface area contributed by atoms with E-state index in [4.69, 9.17) is 10.00 Å². The molecule has 0 spiro atoms. The number of ether oxygens (including phenoxy) is 1. The van der Waals surface area contributed by atoms with Crippen LogP contribution in [-0.4, -0.2) is 23.2 Å². The molecule has 0 aliphatic carbocycles.